The Balaban J connectivity index is 1.72. The summed E-state index contributed by atoms with van der Waals surface area (Å²) in [6.07, 6.45) is 8.03. The number of rotatable bonds is 5. The van der Waals surface area contributed by atoms with E-state index in [4.69, 9.17) is 0 Å². The van der Waals surface area contributed by atoms with Crippen molar-refractivity contribution in [1.82, 2.24) is 29.7 Å². The van der Waals surface area contributed by atoms with Gasteiger partial charge in [-0.2, -0.15) is 10.2 Å². The van der Waals surface area contributed by atoms with E-state index < -0.39 is 0 Å². The molecule has 0 aliphatic heterocycles. The van der Waals surface area contributed by atoms with Crippen molar-refractivity contribution in [3.8, 4) is 0 Å². The van der Waals surface area contributed by atoms with E-state index in [1.54, 1.807) is 27.8 Å². The highest BCUT2D eigenvalue weighted by Gasteiger charge is 2.14. The third-order valence-corrected chi connectivity index (χ3v) is 3.44. The first-order chi connectivity index (χ1) is 10.7. The minimum atomic E-state index is -0.130. The molecular formula is C15H18N6O. The number of aryl methyl sites for hydroxylation is 2. The molecule has 3 heterocycles. The fourth-order valence-corrected chi connectivity index (χ4v) is 2.36. The van der Waals surface area contributed by atoms with Crippen LogP contribution >= 0.6 is 0 Å². The summed E-state index contributed by atoms with van der Waals surface area (Å²) in [6, 6.07) is 1.81. The van der Waals surface area contributed by atoms with Crippen LogP contribution in [0.25, 0.3) is 5.65 Å². The second-order valence-corrected chi connectivity index (χ2v) is 5.13. The van der Waals surface area contributed by atoms with E-state index in [1.165, 1.54) is 0 Å². The summed E-state index contributed by atoms with van der Waals surface area (Å²) >= 11 is 0. The summed E-state index contributed by atoms with van der Waals surface area (Å²) in [6.45, 7) is 5.12. The van der Waals surface area contributed by atoms with Crippen LogP contribution in [0.4, 0.5) is 0 Å². The number of amides is 1. The average Bonchev–Trinajstić information content (AvgIpc) is 3.09. The molecule has 3 aromatic heterocycles. The number of fused-ring (bicyclic) bond motifs is 1. The van der Waals surface area contributed by atoms with Crippen LogP contribution < -0.4 is 5.32 Å². The molecule has 114 valence electrons. The van der Waals surface area contributed by atoms with Gasteiger partial charge in [0.2, 0.25) is 0 Å². The number of hydrogen-bond acceptors (Lipinski definition) is 4. The number of carbonyl (C=O) groups is 1. The first-order valence-corrected chi connectivity index (χ1v) is 7.28. The minimum Gasteiger partial charge on any atom is -0.348 e. The van der Waals surface area contributed by atoms with E-state index in [-0.39, 0.29) is 5.91 Å². The molecule has 0 saturated carbocycles. The van der Waals surface area contributed by atoms with Gasteiger partial charge in [-0.25, -0.2) is 9.50 Å². The van der Waals surface area contributed by atoms with Crippen LogP contribution in [0.2, 0.25) is 0 Å². The molecule has 3 aromatic rings. The number of nitrogens with zero attached hydrogens (tertiary/aromatic N) is 5. The van der Waals surface area contributed by atoms with E-state index in [2.05, 4.69) is 27.4 Å². The molecule has 7 nitrogen and oxygen atoms in total. The first kappa shape index (κ1) is 14.2. The van der Waals surface area contributed by atoms with E-state index >= 15 is 0 Å². The Labute approximate surface area is 128 Å². The molecule has 1 N–H and O–H groups in total. The SMILES string of the molecule is CCCn1cc(C(=O)NCc2cnn3cccnc23)c(C)n1. The molecule has 0 radical (unpaired) electrons. The first-order valence-electron chi connectivity index (χ1n) is 7.28. The summed E-state index contributed by atoms with van der Waals surface area (Å²) in [4.78, 5) is 16.6. The predicted molar refractivity (Wildman–Crippen MR) is 81.4 cm³/mol. The van der Waals surface area contributed by atoms with Gasteiger partial charge in [0.05, 0.1) is 17.5 Å². The highest BCUT2D eigenvalue weighted by molar-refractivity contribution is 5.95. The summed E-state index contributed by atoms with van der Waals surface area (Å²) in [5, 5.41) is 11.4. The maximum atomic E-state index is 12.3. The van der Waals surface area contributed by atoms with Crippen LogP contribution in [-0.2, 0) is 13.1 Å². The predicted octanol–water partition coefficient (Wildman–Crippen LogP) is 1.57. The highest BCUT2D eigenvalue weighted by atomic mass is 16.1. The van der Waals surface area contributed by atoms with Crippen molar-refractivity contribution in [3.05, 3.63) is 47.7 Å². The third kappa shape index (κ3) is 2.69. The van der Waals surface area contributed by atoms with Gasteiger partial charge in [0, 0.05) is 37.2 Å². The molecule has 0 fully saturated rings. The lowest BCUT2D eigenvalue weighted by atomic mass is 10.2. The minimum absolute atomic E-state index is 0.130. The Morgan fingerprint density at radius 2 is 2.27 bits per heavy atom. The zero-order valence-electron chi connectivity index (χ0n) is 12.7. The molecule has 3 rings (SSSR count). The van der Waals surface area contributed by atoms with Crippen molar-refractivity contribution in [2.24, 2.45) is 0 Å². The fourth-order valence-electron chi connectivity index (χ4n) is 2.36. The second kappa shape index (κ2) is 5.97. The van der Waals surface area contributed by atoms with Gasteiger partial charge in [-0.05, 0) is 19.4 Å². The van der Waals surface area contributed by atoms with E-state index in [9.17, 15) is 4.79 Å². The Morgan fingerprint density at radius 3 is 3.09 bits per heavy atom. The van der Waals surface area contributed by atoms with Gasteiger partial charge in [0.1, 0.15) is 0 Å². The molecule has 0 aliphatic rings. The van der Waals surface area contributed by atoms with Crippen LogP contribution in [0.15, 0.2) is 30.9 Å². The van der Waals surface area contributed by atoms with Crippen LogP contribution in [0.5, 0.6) is 0 Å². The molecule has 0 saturated heterocycles. The monoisotopic (exact) mass is 298 g/mol. The smallest absolute Gasteiger partial charge is 0.255 e. The molecule has 0 atom stereocenters. The summed E-state index contributed by atoms with van der Waals surface area (Å²) in [7, 11) is 0. The van der Waals surface area contributed by atoms with Gasteiger partial charge in [-0.1, -0.05) is 6.92 Å². The van der Waals surface area contributed by atoms with Gasteiger partial charge >= 0.3 is 0 Å². The Bertz CT molecular complexity index is 803. The normalized spacial score (nSPS) is 11.0. The van der Waals surface area contributed by atoms with E-state index in [1.807, 2.05) is 19.2 Å². The molecule has 0 bridgehead atoms. The van der Waals surface area contributed by atoms with Crippen molar-refractivity contribution < 1.29 is 4.79 Å². The van der Waals surface area contributed by atoms with Gasteiger partial charge in [-0.15, -0.1) is 0 Å². The van der Waals surface area contributed by atoms with Crippen molar-refractivity contribution in [1.29, 1.82) is 0 Å². The van der Waals surface area contributed by atoms with Crippen LogP contribution in [0, 0.1) is 6.92 Å². The quantitative estimate of drug-likeness (QED) is 0.775. The highest BCUT2D eigenvalue weighted by Crippen LogP contribution is 2.09. The van der Waals surface area contributed by atoms with Crippen LogP contribution in [0.1, 0.15) is 35.0 Å². The summed E-state index contributed by atoms with van der Waals surface area (Å²) in [5.41, 5.74) is 2.98. The Kier molecular flexibility index (Phi) is 3.86. The fraction of sp³-hybridized carbons (Fsp3) is 0.333. The van der Waals surface area contributed by atoms with Crippen LogP contribution in [-0.4, -0.2) is 30.3 Å². The second-order valence-electron chi connectivity index (χ2n) is 5.13. The molecule has 0 aliphatic carbocycles. The van der Waals surface area contributed by atoms with Gasteiger partial charge in [0.15, 0.2) is 5.65 Å². The van der Waals surface area contributed by atoms with Crippen LogP contribution in [0.3, 0.4) is 0 Å². The summed E-state index contributed by atoms with van der Waals surface area (Å²) in [5.74, 6) is -0.130. The lowest BCUT2D eigenvalue weighted by Gasteiger charge is -2.02. The van der Waals surface area contributed by atoms with E-state index in [0.29, 0.717) is 12.1 Å². The third-order valence-electron chi connectivity index (χ3n) is 3.44. The standard InChI is InChI=1S/C15H18N6O/c1-3-6-20-10-13(11(2)19-20)15(22)17-8-12-9-18-21-7-4-5-16-14(12)21/h4-5,7,9-10H,3,6,8H2,1-2H3,(H,17,22). The Hall–Kier alpha value is -2.70. The Morgan fingerprint density at radius 1 is 1.41 bits per heavy atom. The van der Waals surface area contributed by atoms with Gasteiger partial charge < -0.3 is 5.32 Å². The number of carbonyl (C=O) groups excluding carboxylic acids is 1. The van der Waals surface area contributed by atoms with Crippen molar-refractivity contribution in [2.75, 3.05) is 0 Å². The number of hydrogen-bond donors (Lipinski definition) is 1. The number of aromatic nitrogens is 5. The lowest BCUT2D eigenvalue weighted by Crippen LogP contribution is -2.23. The molecule has 7 heteroatoms. The largest absolute Gasteiger partial charge is 0.348 e. The number of nitrogens with one attached hydrogen (secondary N) is 1. The molecule has 0 spiro atoms. The lowest BCUT2D eigenvalue weighted by molar-refractivity contribution is 0.0950. The van der Waals surface area contributed by atoms with Crippen molar-refractivity contribution >= 4 is 11.6 Å². The maximum Gasteiger partial charge on any atom is 0.255 e. The average molecular weight is 298 g/mol. The summed E-state index contributed by atoms with van der Waals surface area (Å²) < 4.78 is 3.49. The topological polar surface area (TPSA) is 77.1 Å². The van der Waals surface area contributed by atoms with Crippen molar-refractivity contribution in [2.45, 2.75) is 33.4 Å². The molecular weight excluding hydrogens is 280 g/mol. The van der Waals surface area contributed by atoms with E-state index in [0.717, 1.165) is 29.9 Å². The molecule has 22 heavy (non-hydrogen) atoms. The van der Waals surface area contributed by atoms with Crippen molar-refractivity contribution in [3.63, 3.8) is 0 Å². The zero-order valence-corrected chi connectivity index (χ0v) is 12.7. The van der Waals surface area contributed by atoms with Gasteiger partial charge in [0.25, 0.3) is 5.91 Å². The molecule has 0 unspecified atom stereocenters. The van der Waals surface area contributed by atoms with Gasteiger partial charge in [-0.3, -0.25) is 9.48 Å². The molecule has 0 aromatic carbocycles. The molecule has 1 amide bonds. The zero-order chi connectivity index (χ0) is 15.5. The maximum absolute atomic E-state index is 12.3.